The summed E-state index contributed by atoms with van der Waals surface area (Å²) in [6, 6.07) is 0. The number of hydrogen-bond acceptors (Lipinski definition) is 15. The molecular formula is C35H54O15. The number of carbonyl (C=O) groups is 1. The van der Waals surface area contributed by atoms with Crippen molar-refractivity contribution >= 4 is 5.97 Å². The van der Waals surface area contributed by atoms with E-state index in [1.807, 2.05) is 0 Å². The Balaban J connectivity index is 1.02. The fourth-order valence-electron chi connectivity index (χ4n) is 11.4. The van der Waals surface area contributed by atoms with Gasteiger partial charge in [-0.25, -0.2) is 4.79 Å². The van der Waals surface area contributed by atoms with E-state index in [2.05, 4.69) is 6.92 Å². The molecule has 7 rings (SSSR count). The molecule has 18 atom stereocenters. The highest BCUT2D eigenvalue weighted by molar-refractivity contribution is 5.85. The predicted octanol–water partition coefficient (Wildman–Crippen LogP) is -1.63. The number of aliphatic hydroxyl groups excluding tert-OH is 7. The van der Waals surface area contributed by atoms with Crippen LogP contribution in [-0.2, 0) is 28.5 Å². The molecule has 50 heavy (non-hydrogen) atoms. The predicted molar refractivity (Wildman–Crippen MR) is 168 cm³/mol. The Kier molecular flexibility index (Phi) is 9.79. The zero-order valence-electron chi connectivity index (χ0n) is 28.6. The van der Waals surface area contributed by atoms with Crippen LogP contribution in [0, 0.1) is 28.6 Å². The first-order valence-corrected chi connectivity index (χ1v) is 18.2. The highest BCUT2D eigenvalue weighted by Gasteiger charge is 2.71. The van der Waals surface area contributed by atoms with E-state index in [0.717, 1.165) is 12.0 Å². The molecular weight excluding hydrogens is 660 g/mol. The maximum absolute atomic E-state index is 12.5. The highest BCUT2D eigenvalue weighted by atomic mass is 16.7. The van der Waals surface area contributed by atoms with Crippen LogP contribution in [0.1, 0.15) is 71.6 Å². The van der Waals surface area contributed by atoms with Crippen molar-refractivity contribution in [3.63, 3.8) is 0 Å². The average Bonchev–Trinajstić information content (AvgIpc) is 3.64. The standard InChI is InChI=1S/C35H54O15/c1-16-29(50-31-27(42)25(40)24(39)22(13-36)49-31)26(41)28(43)30(47-16)48-18-3-8-33(15-37)20-4-7-32(2)19(17-11-23(38)46-14-17)6-10-35(32,45)21(20)5-9-34(33,44)12-18/h11,16,18-22,24-31,36-37,39-45H,3-10,12-15H2,1-2H3/t16-,18-,19+,20-,21+,22+,24+,25-,26-,27+,28+,29-,30-,31-,32+,33-,34-,35-/m0/s1. The Hall–Kier alpha value is -1.31. The molecule has 0 aromatic rings. The Morgan fingerprint density at radius 1 is 0.820 bits per heavy atom. The van der Waals surface area contributed by atoms with Crippen molar-refractivity contribution in [2.24, 2.45) is 28.6 Å². The molecule has 9 N–H and O–H groups in total. The van der Waals surface area contributed by atoms with E-state index in [1.54, 1.807) is 13.0 Å². The molecule has 6 fully saturated rings. The number of esters is 1. The fourth-order valence-corrected chi connectivity index (χ4v) is 11.4. The van der Waals surface area contributed by atoms with Crippen LogP contribution in [0.25, 0.3) is 0 Å². The van der Waals surface area contributed by atoms with E-state index >= 15 is 0 Å². The molecule has 0 aromatic carbocycles. The summed E-state index contributed by atoms with van der Waals surface area (Å²) in [4.78, 5) is 11.9. The minimum atomic E-state index is -1.71. The number of cyclic esters (lactones) is 1. The Morgan fingerprint density at radius 2 is 1.52 bits per heavy atom. The monoisotopic (exact) mass is 714 g/mol. The average molecular weight is 715 g/mol. The van der Waals surface area contributed by atoms with Gasteiger partial charge in [0.2, 0.25) is 0 Å². The lowest BCUT2D eigenvalue weighted by atomic mass is 9.41. The number of rotatable bonds is 7. The molecule has 0 amide bonds. The molecule has 3 heterocycles. The smallest absolute Gasteiger partial charge is 0.331 e. The molecule has 0 radical (unpaired) electrons. The van der Waals surface area contributed by atoms with E-state index in [4.69, 9.17) is 23.7 Å². The second-order valence-electron chi connectivity index (χ2n) is 16.4. The lowest BCUT2D eigenvalue weighted by Crippen LogP contribution is -2.69. The molecule has 0 unspecified atom stereocenters. The second kappa shape index (κ2) is 13.2. The van der Waals surface area contributed by atoms with Gasteiger partial charge in [0.15, 0.2) is 12.6 Å². The van der Waals surface area contributed by atoms with Gasteiger partial charge in [-0.05, 0) is 81.6 Å². The summed E-state index contributed by atoms with van der Waals surface area (Å²) in [5, 5.41) is 98.2. The number of fused-ring (bicyclic) bond motifs is 5. The molecule has 2 saturated heterocycles. The van der Waals surface area contributed by atoms with Gasteiger partial charge in [-0.3, -0.25) is 0 Å². The highest BCUT2D eigenvalue weighted by Crippen LogP contribution is 2.70. The lowest BCUT2D eigenvalue weighted by molar-refractivity contribution is -0.362. The van der Waals surface area contributed by atoms with E-state index in [9.17, 15) is 50.8 Å². The summed E-state index contributed by atoms with van der Waals surface area (Å²) in [5.74, 6) is -0.602. The third kappa shape index (κ3) is 5.45. The summed E-state index contributed by atoms with van der Waals surface area (Å²) < 4.78 is 28.5. The van der Waals surface area contributed by atoms with Gasteiger partial charge in [-0.15, -0.1) is 0 Å². The van der Waals surface area contributed by atoms with E-state index in [1.165, 1.54) is 0 Å². The minimum absolute atomic E-state index is 0.0248. The molecule has 0 aromatic heterocycles. The first kappa shape index (κ1) is 37.0. The second-order valence-corrected chi connectivity index (χ2v) is 16.4. The van der Waals surface area contributed by atoms with Crippen LogP contribution in [0.15, 0.2) is 11.6 Å². The molecule has 4 saturated carbocycles. The molecule has 15 heteroatoms. The Bertz CT molecular complexity index is 1310. The van der Waals surface area contributed by atoms with Gasteiger partial charge < -0.3 is 69.6 Å². The maximum Gasteiger partial charge on any atom is 0.331 e. The Morgan fingerprint density at radius 3 is 2.20 bits per heavy atom. The third-order valence-electron chi connectivity index (χ3n) is 14.3. The van der Waals surface area contributed by atoms with Gasteiger partial charge in [0.1, 0.15) is 49.3 Å². The molecule has 284 valence electrons. The van der Waals surface area contributed by atoms with Crippen molar-refractivity contribution in [3.8, 4) is 0 Å². The first-order valence-electron chi connectivity index (χ1n) is 18.2. The van der Waals surface area contributed by atoms with Crippen LogP contribution in [-0.4, -0.2) is 150 Å². The van der Waals surface area contributed by atoms with Crippen molar-refractivity contribution in [1.82, 2.24) is 0 Å². The number of carbonyl (C=O) groups excluding carboxylic acids is 1. The van der Waals surface area contributed by atoms with Gasteiger partial charge in [-0.1, -0.05) is 6.92 Å². The summed E-state index contributed by atoms with van der Waals surface area (Å²) in [7, 11) is 0. The summed E-state index contributed by atoms with van der Waals surface area (Å²) in [6.07, 6.45) is -8.77. The van der Waals surface area contributed by atoms with Gasteiger partial charge in [0.25, 0.3) is 0 Å². The zero-order chi connectivity index (χ0) is 36.0. The van der Waals surface area contributed by atoms with Crippen molar-refractivity contribution in [1.29, 1.82) is 0 Å². The van der Waals surface area contributed by atoms with Crippen LogP contribution in [0.4, 0.5) is 0 Å². The van der Waals surface area contributed by atoms with Crippen molar-refractivity contribution < 1.29 is 74.4 Å². The topological polar surface area (TPSA) is 245 Å². The summed E-state index contributed by atoms with van der Waals surface area (Å²) in [6.45, 7) is 3.03. The van der Waals surface area contributed by atoms with Gasteiger partial charge >= 0.3 is 5.97 Å². The molecule has 7 aliphatic rings. The zero-order valence-corrected chi connectivity index (χ0v) is 28.6. The molecule has 15 nitrogen and oxygen atoms in total. The van der Waals surface area contributed by atoms with E-state index in [-0.39, 0.29) is 43.4 Å². The summed E-state index contributed by atoms with van der Waals surface area (Å²) >= 11 is 0. The molecule has 3 aliphatic heterocycles. The van der Waals surface area contributed by atoms with E-state index < -0.39 is 96.2 Å². The van der Waals surface area contributed by atoms with Crippen LogP contribution in [0.3, 0.4) is 0 Å². The van der Waals surface area contributed by atoms with Crippen molar-refractivity contribution in [2.75, 3.05) is 19.8 Å². The number of aliphatic hydroxyl groups is 9. The van der Waals surface area contributed by atoms with Crippen LogP contribution in [0.5, 0.6) is 0 Å². The quantitative estimate of drug-likeness (QED) is 0.106. The number of ether oxygens (including phenoxy) is 5. The SMILES string of the molecule is C[C@@H]1O[C@@H](O[C@H]2CC[C@]3(CO)[C@H]4CC[C@]5(C)[C@@H](C6=CC(=O)OC6)CC[C@]5(O)[C@@H]4CC[C@]3(O)C2)[C@H](O)[C@H](O)[C@H]1O[C@@H]1O[C@H](CO)[C@@H](O)[C@H](O)[C@H]1O. The molecule has 0 spiro atoms. The third-order valence-corrected chi connectivity index (χ3v) is 14.3. The Labute approximate surface area is 290 Å². The largest absolute Gasteiger partial charge is 0.458 e. The van der Waals surface area contributed by atoms with Crippen molar-refractivity contribution in [2.45, 2.75) is 150 Å². The van der Waals surface area contributed by atoms with Gasteiger partial charge in [0.05, 0.1) is 36.6 Å². The summed E-state index contributed by atoms with van der Waals surface area (Å²) in [5.41, 5.74) is -2.74. The maximum atomic E-state index is 12.5. The number of hydrogen-bond donors (Lipinski definition) is 9. The van der Waals surface area contributed by atoms with Crippen LogP contribution in [0.2, 0.25) is 0 Å². The fraction of sp³-hybridized carbons (Fsp3) is 0.914. The molecule has 0 bridgehead atoms. The molecule has 4 aliphatic carbocycles. The van der Waals surface area contributed by atoms with Gasteiger partial charge in [-0.2, -0.15) is 0 Å². The van der Waals surface area contributed by atoms with Crippen molar-refractivity contribution in [3.05, 3.63) is 11.6 Å². The normalized spacial score (nSPS) is 55.1. The lowest BCUT2D eigenvalue weighted by Gasteiger charge is -2.66. The van der Waals surface area contributed by atoms with E-state index in [0.29, 0.717) is 44.9 Å². The van der Waals surface area contributed by atoms with Gasteiger partial charge in [0, 0.05) is 23.3 Å². The van der Waals surface area contributed by atoms with Crippen LogP contribution < -0.4 is 0 Å². The minimum Gasteiger partial charge on any atom is -0.458 e. The van der Waals surface area contributed by atoms with Crippen LogP contribution >= 0.6 is 0 Å². The first-order chi connectivity index (χ1) is 23.6.